The lowest BCUT2D eigenvalue weighted by molar-refractivity contribution is 0.372. The van der Waals surface area contributed by atoms with Crippen LogP contribution in [-0.2, 0) is 0 Å². The third-order valence-electron chi connectivity index (χ3n) is 1.83. The van der Waals surface area contributed by atoms with Crippen molar-refractivity contribution in [2.45, 2.75) is 6.92 Å². The summed E-state index contributed by atoms with van der Waals surface area (Å²) in [6, 6.07) is 3.47. The molecule has 0 bridgehead atoms. The van der Waals surface area contributed by atoms with E-state index in [1.807, 2.05) is 19.1 Å². The van der Waals surface area contributed by atoms with Gasteiger partial charge in [0.05, 0.1) is 12.7 Å². The smallest absolute Gasteiger partial charge is 0.173 e. The predicted octanol–water partition coefficient (Wildman–Crippen LogP) is 2.42. The summed E-state index contributed by atoms with van der Waals surface area (Å²) in [5.41, 5.74) is 1.35. The van der Waals surface area contributed by atoms with Crippen molar-refractivity contribution in [3.05, 3.63) is 29.3 Å². The van der Waals surface area contributed by atoms with Gasteiger partial charge in [0.2, 0.25) is 0 Å². The molecule has 0 atom stereocenters. The number of allylic oxidation sites excluding steroid dienone is 1. The Bertz CT molecular complexity index is 398. The third-order valence-corrected chi connectivity index (χ3v) is 1.83. The number of rotatable bonds is 2. The molecule has 0 aliphatic heterocycles. The van der Waals surface area contributed by atoms with E-state index >= 15 is 0 Å². The first-order valence-electron chi connectivity index (χ1n) is 4.23. The number of hydrogen-bond acceptors (Lipinski definition) is 2. The fraction of sp³-hybridized carbons (Fsp3) is 0.167. The second-order valence-corrected chi connectivity index (χ2v) is 2.76. The Hall–Kier alpha value is -1.88. The SMILES string of the molecule is C#Cc1cc(C=CC)cc(OC)c1O. The average molecular weight is 188 g/mol. The number of ether oxygens (including phenoxy) is 1. The van der Waals surface area contributed by atoms with Crippen LogP contribution in [0, 0.1) is 12.3 Å². The normalized spacial score (nSPS) is 10.1. The summed E-state index contributed by atoms with van der Waals surface area (Å²) in [6.07, 6.45) is 9.04. The van der Waals surface area contributed by atoms with E-state index in [1.54, 1.807) is 12.1 Å². The minimum Gasteiger partial charge on any atom is -0.503 e. The highest BCUT2D eigenvalue weighted by Gasteiger charge is 2.07. The van der Waals surface area contributed by atoms with Crippen LogP contribution in [-0.4, -0.2) is 12.2 Å². The van der Waals surface area contributed by atoms with E-state index in [1.165, 1.54) is 7.11 Å². The summed E-state index contributed by atoms with van der Waals surface area (Å²) in [4.78, 5) is 0. The molecule has 0 heterocycles. The number of hydrogen-bond donors (Lipinski definition) is 1. The highest BCUT2D eigenvalue weighted by Crippen LogP contribution is 2.31. The molecule has 0 saturated carbocycles. The van der Waals surface area contributed by atoms with Crippen molar-refractivity contribution < 1.29 is 9.84 Å². The van der Waals surface area contributed by atoms with Crippen molar-refractivity contribution in [1.29, 1.82) is 0 Å². The molecule has 0 saturated heterocycles. The molecule has 2 nitrogen and oxygen atoms in total. The van der Waals surface area contributed by atoms with Crippen molar-refractivity contribution in [1.82, 2.24) is 0 Å². The first-order valence-corrected chi connectivity index (χ1v) is 4.23. The van der Waals surface area contributed by atoms with Gasteiger partial charge in [0, 0.05) is 0 Å². The summed E-state index contributed by atoms with van der Waals surface area (Å²) in [5, 5.41) is 9.59. The van der Waals surface area contributed by atoms with Crippen molar-refractivity contribution in [3.8, 4) is 23.8 Å². The van der Waals surface area contributed by atoms with Gasteiger partial charge in [-0.05, 0) is 24.6 Å². The lowest BCUT2D eigenvalue weighted by Crippen LogP contribution is -1.88. The number of aromatic hydroxyl groups is 1. The van der Waals surface area contributed by atoms with E-state index in [4.69, 9.17) is 11.2 Å². The van der Waals surface area contributed by atoms with Crippen LogP contribution in [0.15, 0.2) is 18.2 Å². The zero-order chi connectivity index (χ0) is 10.6. The average Bonchev–Trinajstić information content (AvgIpc) is 2.20. The summed E-state index contributed by atoms with van der Waals surface area (Å²) < 4.78 is 5.00. The Labute approximate surface area is 83.8 Å². The van der Waals surface area contributed by atoms with Gasteiger partial charge in [-0.3, -0.25) is 0 Å². The third kappa shape index (κ3) is 1.89. The van der Waals surface area contributed by atoms with Gasteiger partial charge in [-0.1, -0.05) is 18.1 Å². The summed E-state index contributed by atoms with van der Waals surface area (Å²) >= 11 is 0. The van der Waals surface area contributed by atoms with Gasteiger partial charge in [-0.25, -0.2) is 0 Å². The minimum absolute atomic E-state index is 0.0169. The fourth-order valence-corrected chi connectivity index (χ4v) is 1.18. The molecule has 0 aliphatic carbocycles. The first-order chi connectivity index (χ1) is 6.72. The monoisotopic (exact) mass is 188 g/mol. The van der Waals surface area contributed by atoms with Crippen LogP contribution in [0.4, 0.5) is 0 Å². The number of benzene rings is 1. The molecular formula is C12H12O2. The largest absolute Gasteiger partial charge is 0.503 e. The maximum atomic E-state index is 9.59. The molecule has 0 fully saturated rings. The molecule has 0 unspecified atom stereocenters. The van der Waals surface area contributed by atoms with Crippen LogP contribution in [0.3, 0.4) is 0 Å². The molecule has 0 radical (unpaired) electrons. The molecule has 0 amide bonds. The van der Waals surface area contributed by atoms with E-state index < -0.39 is 0 Å². The van der Waals surface area contributed by atoms with Crippen molar-refractivity contribution in [2.75, 3.05) is 7.11 Å². The van der Waals surface area contributed by atoms with Crippen LogP contribution < -0.4 is 4.74 Å². The zero-order valence-corrected chi connectivity index (χ0v) is 8.24. The second-order valence-electron chi connectivity index (χ2n) is 2.76. The van der Waals surface area contributed by atoms with Gasteiger partial charge in [-0.15, -0.1) is 6.42 Å². The predicted molar refractivity (Wildman–Crippen MR) is 57.3 cm³/mol. The Kier molecular flexibility index (Phi) is 3.19. The van der Waals surface area contributed by atoms with E-state index in [0.29, 0.717) is 11.3 Å². The number of terminal acetylenes is 1. The number of methoxy groups -OCH3 is 1. The van der Waals surface area contributed by atoms with Crippen molar-refractivity contribution >= 4 is 6.08 Å². The zero-order valence-electron chi connectivity index (χ0n) is 8.24. The van der Waals surface area contributed by atoms with E-state index in [9.17, 15) is 5.11 Å². The standard InChI is InChI=1S/C12H12O2/c1-4-6-9-7-10(5-2)12(13)11(8-9)14-3/h2,4,6-8,13H,1,3H3. The van der Waals surface area contributed by atoms with Crippen LogP contribution in [0.2, 0.25) is 0 Å². The van der Waals surface area contributed by atoms with E-state index in [2.05, 4.69) is 5.92 Å². The van der Waals surface area contributed by atoms with Gasteiger partial charge in [0.1, 0.15) is 0 Å². The maximum Gasteiger partial charge on any atom is 0.173 e. The minimum atomic E-state index is 0.0169. The van der Waals surface area contributed by atoms with Gasteiger partial charge in [0.25, 0.3) is 0 Å². The number of phenolic OH excluding ortho intramolecular Hbond substituents is 1. The quantitative estimate of drug-likeness (QED) is 0.722. The summed E-state index contributed by atoms with van der Waals surface area (Å²) in [6.45, 7) is 1.91. The first kappa shape index (κ1) is 10.2. The molecule has 72 valence electrons. The molecule has 1 rings (SSSR count). The van der Waals surface area contributed by atoms with Crippen LogP contribution >= 0.6 is 0 Å². The van der Waals surface area contributed by atoms with Gasteiger partial charge in [0.15, 0.2) is 11.5 Å². The molecule has 0 aromatic heterocycles. The van der Waals surface area contributed by atoms with Crippen LogP contribution in [0.1, 0.15) is 18.1 Å². The highest BCUT2D eigenvalue weighted by molar-refractivity contribution is 5.62. The Morgan fingerprint density at radius 3 is 2.71 bits per heavy atom. The Morgan fingerprint density at radius 2 is 2.21 bits per heavy atom. The summed E-state index contributed by atoms with van der Waals surface area (Å²) in [7, 11) is 1.49. The van der Waals surface area contributed by atoms with Gasteiger partial charge in [-0.2, -0.15) is 0 Å². The molecule has 1 aromatic carbocycles. The van der Waals surface area contributed by atoms with Gasteiger partial charge < -0.3 is 9.84 Å². The molecule has 1 aromatic rings. The molecule has 14 heavy (non-hydrogen) atoms. The summed E-state index contributed by atoms with van der Waals surface area (Å²) in [5.74, 6) is 2.82. The molecule has 0 aliphatic rings. The molecular weight excluding hydrogens is 176 g/mol. The topological polar surface area (TPSA) is 29.5 Å². The van der Waals surface area contributed by atoms with E-state index in [0.717, 1.165) is 5.56 Å². The lowest BCUT2D eigenvalue weighted by atomic mass is 10.1. The number of phenols is 1. The second kappa shape index (κ2) is 4.38. The Morgan fingerprint density at radius 1 is 1.50 bits per heavy atom. The molecule has 1 N–H and O–H groups in total. The fourth-order valence-electron chi connectivity index (χ4n) is 1.18. The van der Waals surface area contributed by atoms with Gasteiger partial charge >= 0.3 is 0 Å². The van der Waals surface area contributed by atoms with Crippen LogP contribution in [0.5, 0.6) is 11.5 Å². The maximum absolute atomic E-state index is 9.59. The van der Waals surface area contributed by atoms with E-state index in [-0.39, 0.29) is 5.75 Å². The molecule has 2 heteroatoms. The van der Waals surface area contributed by atoms with Crippen LogP contribution in [0.25, 0.3) is 6.08 Å². The molecule has 0 spiro atoms. The van der Waals surface area contributed by atoms with Crippen molar-refractivity contribution in [3.63, 3.8) is 0 Å². The Balaban J connectivity index is 3.33. The van der Waals surface area contributed by atoms with Crippen molar-refractivity contribution in [2.24, 2.45) is 0 Å². The lowest BCUT2D eigenvalue weighted by Gasteiger charge is -2.06. The highest BCUT2D eigenvalue weighted by atomic mass is 16.5.